The van der Waals surface area contributed by atoms with Crippen LogP contribution in [0.5, 0.6) is 0 Å². The lowest BCUT2D eigenvalue weighted by Gasteiger charge is -2.29. The van der Waals surface area contributed by atoms with Gasteiger partial charge in [0.15, 0.2) is 0 Å². The van der Waals surface area contributed by atoms with Gasteiger partial charge in [0.25, 0.3) is 0 Å². The number of allylic oxidation sites excluding steroid dienone is 1. The molecule has 4 N–H and O–H groups in total. The molecule has 240 valence electrons. The average molecular weight is 604 g/mol. The zero-order valence-corrected chi connectivity index (χ0v) is 27.4. The summed E-state index contributed by atoms with van der Waals surface area (Å²) in [5, 5.41) is 17.2. The third kappa shape index (κ3) is 11.5. The number of hydrogen-bond acceptors (Lipinski definition) is 10. The topological polar surface area (TPSA) is 123 Å². The van der Waals surface area contributed by atoms with Gasteiger partial charge in [0.2, 0.25) is 0 Å². The van der Waals surface area contributed by atoms with Gasteiger partial charge in [0.05, 0.1) is 29.8 Å². The summed E-state index contributed by atoms with van der Waals surface area (Å²) in [4.78, 5) is 24.5. The first kappa shape index (κ1) is 34.9. The van der Waals surface area contributed by atoms with E-state index in [0.29, 0.717) is 18.6 Å². The zero-order chi connectivity index (χ0) is 31.7. The molecule has 3 aromatic heterocycles. The first-order chi connectivity index (χ1) is 21.5. The Morgan fingerprint density at radius 2 is 1.82 bits per heavy atom. The van der Waals surface area contributed by atoms with Crippen molar-refractivity contribution in [1.29, 1.82) is 0 Å². The normalized spacial score (nSPS) is 17.5. The van der Waals surface area contributed by atoms with Crippen molar-refractivity contribution in [1.82, 2.24) is 30.3 Å². The third-order valence-corrected chi connectivity index (χ3v) is 7.67. The van der Waals surface area contributed by atoms with Crippen molar-refractivity contribution >= 4 is 29.3 Å². The van der Waals surface area contributed by atoms with Crippen molar-refractivity contribution in [2.75, 3.05) is 30.9 Å². The van der Waals surface area contributed by atoms with Gasteiger partial charge in [0.1, 0.15) is 11.6 Å². The second-order valence-corrected chi connectivity index (χ2v) is 11.4. The summed E-state index contributed by atoms with van der Waals surface area (Å²) in [5.41, 5.74) is 7.34. The Labute approximate surface area is 263 Å². The number of hydrogen-bond donors (Lipinski definition) is 4. The van der Waals surface area contributed by atoms with Crippen LogP contribution in [0.4, 0.5) is 11.6 Å². The molecule has 0 aromatic carbocycles. The lowest BCUT2D eigenvalue weighted by Crippen LogP contribution is -2.28. The zero-order valence-electron chi connectivity index (χ0n) is 27.4. The van der Waals surface area contributed by atoms with Gasteiger partial charge in [-0.15, -0.1) is 0 Å². The molecule has 2 aliphatic rings. The molecule has 5 rings (SSSR count). The maximum absolute atomic E-state index is 9.08. The largest absolute Gasteiger partial charge is 0.370 e. The molecule has 2 fully saturated rings. The minimum absolute atomic E-state index is 0.314. The van der Waals surface area contributed by atoms with Crippen molar-refractivity contribution in [2.45, 2.75) is 97.9 Å². The predicted octanol–water partition coefficient (Wildman–Crippen LogP) is 6.91. The Morgan fingerprint density at radius 3 is 2.45 bits per heavy atom. The first-order valence-electron chi connectivity index (χ1n) is 16.3. The molecule has 2 aliphatic carbocycles. The van der Waals surface area contributed by atoms with Gasteiger partial charge in [-0.3, -0.25) is 15.0 Å². The first-order valence-corrected chi connectivity index (χ1v) is 16.3. The highest BCUT2D eigenvalue weighted by molar-refractivity contribution is 5.83. The van der Waals surface area contributed by atoms with Crippen molar-refractivity contribution in [3.8, 4) is 0 Å². The Bertz CT molecular complexity index is 1320. The van der Waals surface area contributed by atoms with Crippen LogP contribution in [-0.4, -0.2) is 63.1 Å². The standard InChI is InChI=1S/C29H41N9O.C3H6.C2H6/c1-5-32-28-14-26-25(12-22(16-33-26)8-11-24(17-30-3)38(4)19-34-39)27(37-28)13-21-6-9-23(10-7-21)36-29-18-31-15-20(2)35-29;1-2-3-1;1-2/h12,14-18,21,23,34,39H,3,5-11,13,19H2,1-2,4H3,(H,32,37)(H,35,36);1-3H2;1-2H3/b24-17-;;. The lowest BCUT2D eigenvalue weighted by molar-refractivity contribution is 0.122. The molecule has 10 nitrogen and oxygen atoms in total. The van der Waals surface area contributed by atoms with Crippen LogP contribution in [0.25, 0.3) is 10.9 Å². The Hall–Kier alpha value is -3.63. The second kappa shape index (κ2) is 18.9. The second-order valence-electron chi connectivity index (χ2n) is 11.4. The maximum atomic E-state index is 9.08. The van der Waals surface area contributed by atoms with Gasteiger partial charge >= 0.3 is 0 Å². The molecular formula is C34H53N9O. The molecule has 0 bridgehead atoms. The van der Waals surface area contributed by atoms with Crippen molar-refractivity contribution in [3.63, 3.8) is 0 Å². The summed E-state index contributed by atoms with van der Waals surface area (Å²) >= 11 is 0. The highest BCUT2D eigenvalue weighted by atomic mass is 16.5. The molecule has 0 spiro atoms. The predicted molar refractivity (Wildman–Crippen MR) is 182 cm³/mol. The van der Waals surface area contributed by atoms with E-state index in [1.165, 1.54) is 19.3 Å². The van der Waals surface area contributed by atoms with Crippen LogP contribution < -0.4 is 16.1 Å². The average Bonchev–Trinajstić information content (AvgIpc) is 3.92. The smallest absolute Gasteiger partial charge is 0.145 e. The molecule has 3 aromatic rings. The number of fused-ring (bicyclic) bond motifs is 1. The molecule has 2 saturated carbocycles. The highest BCUT2D eigenvalue weighted by Gasteiger charge is 2.23. The van der Waals surface area contributed by atoms with E-state index in [4.69, 9.17) is 15.2 Å². The van der Waals surface area contributed by atoms with Gasteiger partial charge < -0.3 is 20.7 Å². The van der Waals surface area contributed by atoms with Crippen LogP contribution in [0.2, 0.25) is 0 Å². The van der Waals surface area contributed by atoms with Crippen LogP contribution >= 0.6 is 0 Å². The quantitative estimate of drug-likeness (QED) is 0.0937. The van der Waals surface area contributed by atoms with Crippen molar-refractivity contribution < 1.29 is 5.21 Å². The summed E-state index contributed by atoms with van der Waals surface area (Å²) < 4.78 is 0. The van der Waals surface area contributed by atoms with Gasteiger partial charge in [-0.25, -0.2) is 9.97 Å². The Balaban J connectivity index is 0.000000977. The lowest BCUT2D eigenvalue weighted by atomic mass is 9.83. The summed E-state index contributed by atoms with van der Waals surface area (Å²) in [6, 6.07) is 4.71. The number of aliphatic imine (C=N–C) groups is 1. The van der Waals surface area contributed by atoms with Gasteiger partial charge in [0, 0.05) is 55.4 Å². The van der Waals surface area contributed by atoms with Crippen LogP contribution in [0.15, 0.2) is 47.6 Å². The molecule has 0 radical (unpaired) electrons. The molecule has 3 heterocycles. The number of nitrogens with one attached hydrogen (secondary N) is 3. The third-order valence-electron chi connectivity index (χ3n) is 7.67. The fourth-order valence-corrected chi connectivity index (χ4v) is 5.26. The SMILES string of the molecule is C1CC1.C=N/C=C(/CCc1cnc2cc(NCC)nc(CC3CCC(Nc4cncc(C)n4)CC3)c2c1)N(C)CNO.CC. The highest BCUT2D eigenvalue weighted by Crippen LogP contribution is 2.31. The fourth-order valence-electron chi connectivity index (χ4n) is 5.26. The summed E-state index contributed by atoms with van der Waals surface area (Å²) in [6.07, 6.45) is 18.8. The number of aromatic nitrogens is 4. The molecule has 0 unspecified atom stereocenters. The van der Waals surface area contributed by atoms with E-state index in [1.807, 2.05) is 45.0 Å². The molecule has 44 heavy (non-hydrogen) atoms. The van der Waals surface area contributed by atoms with E-state index in [1.54, 1.807) is 18.6 Å². The van der Waals surface area contributed by atoms with Crippen molar-refractivity contribution in [3.05, 3.63) is 59.6 Å². The number of pyridine rings is 2. The summed E-state index contributed by atoms with van der Waals surface area (Å²) in [6.45, 7) is 12.8. The van der Waals surface area contributed by atoms with Crippen LogP contribution in [0.3, 0.4) is 0 Å². The molecule has 0 amide bonds. The number of aryl methyl sites for hydroxylation is 2. The van der Waals surface area contributed by atoms with Gasteiger partial charge in [-0.2, -0.15) is 5.48 Å². The van der Waals surface area contributed by atoms with E-state index >= 15 is 0 Å². The van der Waals surface area contributed by atoms with E-state index < -0.39 is 0 Å². The molecule has 0 aliphatic heterocycles. The van der Waals surface area contributed by atoms with Crippen LogP contribution in [-0.2, 0) is 12.8 Å². The Kier molecular flexibility index (Phi) is 15.0. The number of nitrogens with zero attached hydrogens (tertiary/aromatic N) is 6. The Morgan fingerprint density at radius 1 is 1.07 bits per heavy atom. The summed E-state index contributed by atoms with van der Waals surface area (Å²) in [7, 11) is 1.90. The van der Waals surface area contributed by atoms with Crippen molar-refractivity contribution in [2.24, 2.45) is 10.9 Å². The fraction of sp³-hybridized carbons (Fsp3) is 0.559. The minimum Gasteiger partial charge on any atom is -0.370 e. The van der Waals surface area contributed by atoms with Gasteiger partial charge in [-0.1, -0.05) is 33.1 Å². The molecular weight excluding hydrogens is 550 g/mol. The summed E-state index contributed by atoms with van der Waals surface area (Å²) in [5.74, 6) is 2.33. The van der Waals surface area contributed by atoms with Gasteiger partial charge in [-0.05, 0) is 83.1 Å². The van der Waals surface area contributed by atoms with E-state index in [0.717, 1.165) is 96.7 Å². The van der Waals surface area contributed by atoms with E-state index in [-0.39, 0.29) is 0 Å². The molecule has 0 saturated heterocycles. The number of hydroxylamine groups is 1. The van der Waals surface area contributed by atoms with Crippen LogP contribution in [0, 0.1) is 12.8 Å². The van der Waals surface area contributed by atoms with E-state index in [9.17, 15) is 0 Å². The maximum Gasteiger partial charge on any atom is 0.145 e. The molecule has 10 heteroatoms. The van der Waals surface area contributed by atoms with Crippen LogP contribution in [0.1, 0.15) is 89.1 Å². The van der Waals surface area contributed by atoms with E-state index in [2.05, 4.69) is 50.8 Å². The number of rotatable bonds is 13. The number of anilines is 2. The minimum atomic E-state index is 0.314. The monoisotopic (exact) mass is 603 g/mol. The molecule has 0 atom stereocenters.